The van der Waals surface area contributed by atoms with Gasteiger partial charge in [-0.2, -0.15) is 0 Å². The fraction of sp³-hybridized carbons (Fsp3) is 0.385. The lowest BCUT2D eigenvalue weighted by Crippen LogP contribution is -3.08. The van der Waals surface area contributed by atoms with Crippen molar-refractivity contribution in [1.82, 2.24) is 4.98 Å². The molecule has 78 valence electrons. The predicted octanol–water partition coefficient (Wildman–Crippen LogP) is 1.05. The number of likely N-dealkylation sites (N-methyl/N-ethyl adjacent to an activating group) is 1. The quantitative estimate of drug-likeness (QED) is 0.635. The second-order valence-corrected chi connectivity index (χ2v) is 4.77. The lowest BCUT2D eigenvalue weighted by Gasteiger charge is -2.19. The summed E-state index contributed by atoms with van der Waals surface area (Å²) in [5.74, 6) is 0. The van der Waals surface area contributed by atoms with Crippen LogP contribution in [0.3, 0.4) is 0 Å². The zero-order chi connectivity index (χ0) is 10.4. The van der Waals surface area contributed by atoms with Crippen molar-refractivity contribution in [1.29, 1.82) is 0 Å². The Morgan fingerprint density at radius 1 is 1.33 bits per heavy atom. The molecule has 3 rings (SSSR count). The van der Waals surface area contributed by atoms with Gasteiger partial charge in [-0.05, 0) is 18.6 Å². The molecule has 0 aliphatic carbocycles. The van der Waals surface area contributed by atoms with Crippen LogP contribution in [0, 0.1) is 6.92 Å². The highest BCUT2D eigenvalue weighted by molar-refractivity contribution is 5.85. The summed E-state index contributed by atoms with van der Waals surface area (Å²) in [4.78, 5) is 5.18. The number of hydrogen-bond acceptors (Lipinski definition) is 0. The molecule has 0 fully saturated rings. The molecule has 2 aromatic rings. The van der Waals surface area contributed by atoms with Gasteiger partial charge in [0, 0.05) is 28.6 Å². The molecule has 2 N–H and O–H groups in total. The second-order valence-electron chi connectivity index (χ2n) is 4.77. The van der Waals surface area contributed by atoms with Gasteiger partial charge in [0.25, 0.3) is 0 Å². The molecule has 1 aliphatic rings. The largest absolute Gasteiger partial charge is 0.358 e. The van der Waals surface area contributed by atoms with Crippen molar-refractivity contribution in [3.8, 4) is 0 Å². The molecule has 1 unspecified atom stereocenters. The van der Waals surface area contributed by atoms with Crippen LogP contribution in [0.5, 0.6) is 0 Å². The minimum absolute atomic E-state index is 1.17. The Labute approximate surface area is 89.9 Å². The van der Waals surface area contributed by atoms with Gasteiger partial charge in [0.15, 0.2) is 0 Å². The number of H-pyrrole nitrogens is 1. The Bertz CT molecular complexity index is 510. The molecule has 0 spiro atoms. The third-order valence-electron chi connectivity index (χ3n) is 3.43. The predicted molar refractivity (Wildman–Crippen MR) is 62.2 cm³/mol. The highest BCUT2D eigenvalue weighted by Crippen LogP contribution is 2.24. The van der Waals surface area contributed by atoms with E-state index in [-0.39, 0.29) is 0 Å². The van der Waals surface area contributed by atoms with E-state index in [4.69, 9.17) is 0 Å². The molecule has 15 heavy (non-hydrogen) atoms. The lowest BCUT2D eigenvalue weighted by molar-refractivity contribution is -0.895. The Kier molecular flexibility index (Phi) is 1.86. The number of nitrogens with one attached hydrogen (secondary N) is 2. The minimum atomic E-state index is 1.17. The van der Waals surface area contributed by atoms with Crippen molar-refractivity contribution in [2.45, 2.75) is 19.9 Å². The summed E-state index contributed by atoms with van der Waals surface area (Å²) in [6.07, 6.45) is 1.19. The van der Waals surface area contributed by atoms with Gasteiger partial charge >= 0.3 is 0 Å². The van der Waals surface area contributed by atoms with Crippen LogP contribution in [-0.2, 0) is 13.0 Å². The molecule has 0 saturated carbocycles. The van der Waals surface area contributed by atoms with E-state index in [0.29, 0.717) is 0 Å². The number of aromatic nitrogens is 1. The van der Waals surface area contributed by atoms with Crippen LogP contribution >= 0.6 is 0 Å². The topological polar surface area (TPSA) is 20.2 Å². The number of benzene rings is 1. The van der Waals surface area contributed by atoms with Gasteiger partial charge in [-0.25, -0.2) is 0 Å². The van der Waals surface area contributed by atoms with Gasteiger partial charge in [-0.15, -0.1) is 0 Å². The van der Waals surface area contributed by atoms with Gasteiger partial charge in [0.1, 0.15) is 6.54 Å². The van der Waals surface area contributed by atoms with Gasteiger partial charge in [0.2, 0.25) is 0 Å². The first-order valence-electron chi connectivity index (χ1n) is 5.65. The van der Waals surface area contributed by atoms with Crippen molar-refractivity contribution in [2.75, 3.05) is 13.6 Å². The fourth-order valence-electron chi connectivity index (χ4n) is 2.57. The molecule has 2 nitrogen and oxygen atoms in total. The summed E-state index contributed by atoms with van der Waals surface area (Å²) >= 11 is 0. The average molecular weight is 201 g/mol. The van der Waals surface area contributed by atoms with Gasteiger partial charge in [0.05, 0.1) is 13.6 Å². The van der Waals surface area contributed by atoms with Crippen LogP contribution in [0.15, 0.2) is 18.2 Å². The minimum Gasteiger partial charge on any atom is -0.358 e. The van der Waals surface area contributed by atoms with Crippen LogP contribution < -0.4 is 4.90 Å². The molecular formula is C13H17N2+. The average Bonchev–Trinajstić information content (AvgIpc) is 2.54. The summed E-state index contributed by atoms with van der Waals surface area (Å²) in [5, 5.41) is 1.43. The summed E-state index contributed by atoms with van der Waals surface area (Å²) in [6, 6.07) is 6.72. The molecule has 1 atom stereocenters. The molecule has 1 aliphatic heterocycles. The van der Waals surface area contributed by atoms with Crippen molar-refractivity contribution in [3.63, 3.8) is 0 Å². The fourth-order valence-corrected chi connectivity index (χ4v) is 2.57. The monoisotopic (exact) mass is 201 g/mol. The molecule has 1 aromatic heterocycles. The summed E-state index contributed by atoms with van der Waals surface area (Å²) in [7, 11) is 2.27. The van der Waals surface area contributed by atoms with Gasteiger partial charge < -0.3 is 9.88 Å². The maximum absolute atomic E-state index is 3.56. The first-order chi connectivity index (χ1) is 7.24. The van der Waals surface area contributed by atoms with Crippen molar-refractivity contribution >= 4 is 10.9 Å². The van der Waals surface area contributed by atoms with Crippen molar-refractivity contribution < 1.29 is 4.90 Å². The molecule has 0 amide bonds. The number of fused-ring (bicyclic) bond motifs is 3. The first kappa shape index (κ1) is 8.98. The SMILES string of the molecule is Cc1ccc2c3c([nH]c2c1)CC[NH+](C)C3. The van der Waals surface area contributed by atoms with E-state index in [9.17, 15) is 0 Å². The zero-order valence-corrected chi connectivity index (χ0v) is 9.35. The maximum Gasteiger partial charge on any atom is 0.105 e. The standard InChI is InChI=1S/C13H16N2/c1-9-3-4-10-11-8-15(2)6-5-12(11)14-13(10)7-9/h3-4,7,14H,5-6,8H2,1-2H3/p+1. The normalized spacial score (nSPS) is 20.5. The van der Waals surface area contributed by atoms with E-state index in [1.807, 2.05) is 0 Å². The molecule has 0 saturated heterocycles. The lowest BCUT2D eigenvalue weighted by atomic mass is 10.0. The van der Waals surface area contributed by atoms with Crippen molar-refractivity contribution in [3.05, 3.63) is 35.0 Å². The molecule has 0 bridgehead atoms. The van der Waals surface area contributed by atoms with E-state index in [1.54, 1.807) is 4.90 Å². The van der Waals surface area contributed by atoms with E-state index in [0.717, 1.165) is 0 Å². The molecular weight excluding hydrogens is 184 g/mol. The number of quaternary nitrogens is 1. The van der Waals surface area contributed by atoms with Crippen LogP contribution in [-0.4, -0.2) is 18.6 Å². The third kappa shape index (κ3) is 1.37. The zero-order valence-electron chi connectivity index (χ0n) is 9.35. The Balaban J connectivity index is 2.24. The van der Waals surface area contributed by atoms with E-state index >= 15 is 0 Å². The highest BCUT2D eigenvalue weighted by atomic mass is 15.1. The first-order valence-corrected chi connectivity index (χ1v) is 5.65. The third-order valence-corrected chi connectivity index (χ3v) is 3.43. The smallest absolute Gasteiger partial charge is 0.105 e. The highest BCUT2D eigenvalue weighted by Gasteiger charge is 2.20. The number of aryl methyl sites for hydroxylation is 1. The Hall–Kier alpha value is -1.28. The summed E-state index contributed by atoms with van der Waals surface area (Å²) < 4.78 is 0. The summed E-state index contributed by atoms with van der Waals surface area (Å²) in [6.45, 7) is 4.56. The van der Waals surface area contributed by atoms with E-state index in [1.165, 1.54) is 47.2 Å². The van der Waals surface area contributed by atoms with Crippen LogP contribution in [0.1, 0.15) is 16.8 Å². The van der Waals surface area contributed by atoms with E-state index < -0.39 is 0 Å². The molecule has 0 radical (unpaired) electrons. The molecule has 2 heterocycles. The second kappa shape index (κ2) is 3.11. The number of rotatable bonds is 0. The van der Waals surface area contributed by atoms with Crippen LogP contribution in [0.2, 0.25) is 0 Å². The van der Waals surface area contributed by atoms with Crippen molar-refractivity contribution in [2.24, 2.45) is 0 Å². The van der Waals surface area contributed by atoms with E-state index in [2.05, 4.69) is 37.2 Å². The molecule has 2 heteroatoms. The number of hydrogen-bond donors (Lipinski definition) is 2. The Morgan fingerprint density at radius 3 is 3.07 bits per heavy atom. The van der Waals surface area contributed by atoms with Gasteiger partial charge in [-0.1, -0.05) is 12.1 Å². The summed E-state index contributed by atoms with van der Waals surface area (Å²) in [5.41, 5.74) is 5.64. The van der Waals surface area contributed by atoms with Gasteiger partial charge in [-0.3, -0.25) is 0 Å². The molecule has 1 aromatic carbocycles. The Morgan fingerprint density at radius 2 is 2.20 bits per heavy atom. The van der Waals surface area contributed by atoms with Crippen LogP contribution in [0.4, 0.5) is 0 Å². The number of aromatic amines is 1. The van der Waals surface area contributed by atoms with Crippen LogP contribution in [0.25, 0.3) is 10.9 Å². The maximum atomic E-state index is 3.56.